The van der Waals surface area contributed by atoms with Crippen molar-refractivity contribution >= 4 is 23.7 Å². The van der Waals surface area contributed by atoms with Gasteiger partial charge in [-0.15, -0.1) is 0 Å². The lowest BCUT2D eigenvalue weighted by Gasteiger charge is -2.11. The number of amides is 2. The Hall–Kier alpha value is -3.42. The van der Waals surface area contributed by atoms with Gasteiger partial charge < -0.3 is 15.2 Å². The van der Waals surface area contributed by atoms with E-state index in [4.69, 9.17) is 4.74 Å². The molecule has 0 aliphatic carbocycles. The van der Waals surface area contributed by atoms with Gasteiger partial charge in [-0.2, -0.15) is 5.10 Å². The van der Waals surface area contributed by atoms with E-state index < -0.39 is 23.5 Å². The van der Waals surface area contributed by atoms with Crippen LogP contribution in [0.1, 0.15) is 19.4 Å². The molecule has 0 spiro atoms. The van der Waals surface area contributed by atoms with Gasteiger partial charge in [0.15, 0.2) is 11.5 Å². The Labute approximate surface area is 155 Å². The molecular formula is C19H20FN3O4. The van der Waals surface area contributed by atoms with E-state index in [0.717, 1.165) is 0 Å². The second kappa shape index (κ2) is 9.33. The first kappa shape index (κ1) is 19.9. The SMILES string of the molecule is CCOc1cc(/C=N/NC(=O)C(C)C(=O)Nc2ccccc2F)ccc1O. The van der Waals surface area contributed by atoms with Crippen LogP contribution in [0.15, 0.2) is 47.6 Å². The fourth-order valence-electron chi connectivity index (χ4n) is 2.07. The summed E-state index contributed by atoms with van der Waals surface area (Å²) in [7, 11) is 0. The van der Waals surface area contributed by atoms with Crippen LogP contribution in [0.5, 0.6) is 11.5 Å². The lowest BCUT2D eigenvalue weighted by atomic mass is 10.1. The van der Waals surface area contributed by atoms with Gasteiger partial charge in [0.1, 0.15) is 11.7 Å². The maximum absolute atomic E-state index is 13.6. The van der Waals surface area contributed by atoms with Crippen LogP contribution < -0.4 is 15.5 Å². The average molecular weight is 373 g/mol. The third-order valence-corrected chi connectivity index (χ3v) is 3.59. The molecule has 2 aromatic rings. The zero-order chi connectivity index (χ0) is 19.8. The summed E-state index contributed by atoms with van der Waals surface area (Å²) in [5.41, 5.74) is 2.83. The number of para-hydroxylation sites is 1. The molecule has 0 bridgehead atoms. The number of anilines is 1. The van der Waals surface area contributed by atoms with Gasteiger partial charge in [-0.3, -0.25) is 9.59 Å². The van der Waals surface area contributed by atoms with Gasteiger partial charge in [0.2, 0.25) is 5.91 Å². The number of hydrazone groups is 1. The number of hydrogen-bond donors (Lipinski definition) is 3. The average Bonchev–Trinajstić information content (AvgIpc) is 2.65. The molecule has 27 heavy (non-hydrogen) atoms. The number of halogens is 1. The van der Waals surface area contributed by atoms with Gasteiger partial charge in [-0.25, -0.2) is 9.82 Å². The summed E-state index contributed by atoms with van der Waals surface area (Å²) < 4.78 is 18.8. The molecule has 2 rings (SSSR count). The number of rotatable bonds is 7. The summed E-state index contributed by atoms with van der Waals surface area (Å²) in [6.07, 6.45) is 1.35. The monoisotopic (exact) mass is 373 g/mol. The number of carbonyl (C=O) groups is 2. The number of aromatic hydroxyl groups is 1. The standard InChI is InChI=1S/C19H20FN3O4/c1-3-27-17-10-13(8-9-16(17)24)11-21-23-19(26)12(2)18(25)22-15-7-5-4-6-14(15)20/h4-12,24H,3H2,1-2H3,(H,22,25)(H,23,26)/b21-11+. The van der Waals surface area contributed by atoms with Gasteiger partial charge in [-0.1, -0.05) is 12.1 Å². The van der Waals surface area contributed by atoms with Crippen molar-refractivity contribution in [1.82, 2.24) is 5.43 Å². The second-order valence-electron chi connectivity index (χ2n) is 5.59. The fourth-order valence-corrected chi connectivity index (χ4v) is 2.07. The largest absolute Gasteiger partial charge is 0.504 e. The van der Waals surface area contributed by atoms with E-state index in [9.17, 15) is 19.1 Å². The Morgan fingerprint density at radius 3 is 2.70 bits per heavy atom. The minimum atomic E-state index is -1.08. The van der Waals surface area contributed by atoms with Crippen LogP contribution in [0.2, 0.25) is 0 Å². The predicted octanol–water partition coefficient (Wildman–Crippen LogP) is 2.65. The maximum atomic E-state index is 13.6. The van der Waals surface area contributed by atoms with Crippen LogP contribution in [0.25, 0.3) is 0 Å². The van der Waals surface area contributed by atoms with Gasteiger partial charge in [0.25, 0.3) is 5.91 Å². The molecule has 8 heteroatoms. The van der Waals surface area contributed by atoms with Crippen LogP contribution >= 0.6 is 0 Å². The van der Waals surface area contributed by atoms with Gasteiger partial charge in [0, 0.05) is 0 Å². The minimum Gasteiger partial charge on any atom is -0.504 e. The fraction of sp³-hybridized carbons (Fsp3) is 0.211. The Kier molecular flexibility index (Phi) is 6.87. The van der Waals surface area contributed by atoms with Crippen LogP contribution in [0.4, 0.5) is 10.1 Å². The number of nitrogens with zero attached hydrogens (tertiary/aromatic N) is 1. The van der Waals surface area contributed by atoms with Gasteiger partial charge >= 0.3 is 0 Å². The summed E-state index contributed by atoms with van der Waals surface area (Å²) in [6.45, 7) is 3.56. The van der Waals surface area contributed by atoms with Crippen LogP contribution in [0.3, 0.4) is 0 Å². The van der Waals surface area contributed by atoms with E-state index in [2.05, 4.69) is 15.8 Å². The lowest BCUT2D eigenvalue weighted by molar-refractivity contribution is -0.131. The first-order valence-electron chi connectivity index (χ1n) is 8.26. The summed E-state index contributed by atoms with van der Waals surface area (Å²) in [6, 6.07) is 10.3. The number of benzene rings is 2. The Morgan fingerprint density at radius 2 is 2.00 bits per heavy atom. The molecule has 0 fully saturated rings. The van der Waals surface area contributed by atoms with Crippen molar-refractivity contribution in [2.45, 2.75) is 13.8 Å². The molecule has 0 aromatic heterocycles. The van der Waals surface area contributed by atoms with E-state index in [1.54, 1.807) is 25.1 Å². The molecule has 2 aromatic carbocycles. The van der Waals surface area contributed by atoms with Crippen molar-refractivity contribution in [1.29, 1.82) is 0 Å². The topological polar surface area (TPSA) is 100 Å². The number of phenols is 1. The highest BCUT2D eigenvalue weighted by atomic mass is 19.1. The number of carbonyl (C=O) groups excluding carboxylic acids is 2. The van der Waals surface area contributed by atoms with E-state index in [-0.39, 0.29) is 11.4 Å². The van der Waals surface area contributed by atoms with Crippen molar-refractivity contribution in [2.24, 2.45) is 11.0 Å². The molecule has 142 valence electrons. The highest BCUT2D eigenvalue weighted by molar-refractivity contribution is 6.06. The van der Waals surface area contributed by atoms with E-state index >= 15 is 0 Å². The van der Waals surface area contributed by atoms with Crippen molar-refractivity contribution in [2.75, 3.05) is 11.9 Å². The highest BCUT2D eigenvalue weighted by Crippen LogP contribution is 2.26. The Balaban J connectivity index is 1.94. The summed E-state index contributed by atoms with van der Waals surface area (Å²) >= 11 is 0. The zero-order valence-corrected chi connectivity index (χ0v) is 14.9. The number of nitrogens with one attached hydrogen (secondary N) is 2. The molecule has 0 radical (unpaired) electrons. The molecule has 0 saturated carbocycles. The van der Waals surface area contributed by atoms with Crippen molar-refractivity contribution in [3.8, 4) is 11.5 Å². The van der Waals surface area contributed by atoms with Gasteiger partial charge in [0.05, 0.1) is 18.5 Å². The first-order valence-corrected chi connectivity index (χ1v) is 8.26. The van der Waals surface area contributed by atoms with Crippen LogP contribution in [-0.2, 0) is 9.59 Å². The normalized spacial score (nSPS) is 11.8. The van der Waals surface area contributed by atoms with E-state index in [1.165, 1.54) is 37.4 Å². The summed E-state index contributed by atoms with van der Waals surface area (Å²) in [5.74, 6) is -2.68. The molecule has 2 amide bonds. The molecule has 7 nitrogen and oxygen atoms in total. The molecule has 0 heterocycles. The molecule has 1 atom stereocenters. The predicted molar refractivity (Wildman–Crippen MR) is 99.2 cm³/mol. The smallest absolute Gasteiger partial charge is 0.252 e. The van der Waals surface area contributed by atoms with E-state index in [1.807, 2.05) is 0 Å². The summed E-state index contributed by atoms with van der Waals surface area (Å²) in [4.78, 5) is 24.1. The van der Waals surface area contributed by atoms with Crippen molar-refractivity contribution in [3.05, 3.63) is 53.8 Å². The second-order valence-corrected chi connectivity index (χ2v) is 5.59. The Bertz CT molecular complexity index is 855. The zero-order valence-electron chi connectivity index (χ0n) is 14.9. The maximum Gasteiger partial charge on any atom is 0.252 e. The van der Waals surface area contributed by atoms with Crippen LogP contribution in [0, 0.1) is 11.7 Å². The Morgan fingerprint density at radius 1 is 1.26 bits per heavy atom. The quantitative estimate of drug-likeness (QED) is 0.395. The summed E-state index contributed by atoms with van der Waals surface area (Å²) in [5, 5.41) is 15.8. The van der Waals surface area contributed by atoms with E-state index in [0.29, 0.717) is 17.9 Å². The number of ether oxygens (including phenoxy) is 1. The molecule has 1 unspecified atom stereocenters. The highest BCUT2D eigenvalue weighted by Gasteiger charge is 2.22. The molecule has 0 saturated heterocycles. The lowest BCUT2D eigenvalue weighted by Crippen LogP contribution is -2.34. The number of hydrogen-bond acceptors (Lipinski definition) is 5. The van der Waals surface area contributed by atoms with Crippen molar-refractivity contribution < 1.29 is 23.8 Å². The molecule has 0 aliphatic heterocycles. The first-order chi connectivity index (χ1) is 12.9. The molecular weight excluding hydrogens is 353 g/mol. The van der Waals surface area contributed by atoms with Gasteiger partial charge in [-0.05, 0) is 49.7 Å². The van der Waals surface area contributed by atoms with Crippen molar-refractivity contribution in [3.63, 3.8) is 0 Å². The third kappa shape index (κ3) is 5.53. The molecule has 3 N–H and O–H groups in total. The third-order valence-electron chi connectivity index (χ3n) is 3.59. The minimum absolute atomic E-state index is 0.00167. The number of phenolic OH excluding ortho intramolecular Hbond substituents is 1. The van der Waals surface area contributed by atoms with Crippen LogP contribution in [-0.4, -0.2) is 29.7 Å². The molecule has 0 aliphatic rings.